The molecular weight excluding hydrogens is 574 g/mol. The fraction of sp³-hybridized carbons (Fsp3) is 0.960. The van der Waals surface area contributed by atoms with Crippen LogP contribution in [0.4, 0.5) is 0 Å². The van der Waals surface area contributed by atoms with Crippen LogP contribution in [-0.4, -0.2) is 166 Å². The number of aliphatic hydroxyl groups excluding tert-OH is 7. The van der Waals surface area contributed by atoms with Gasteiger partial charge in [0.1, 0.15) is 30.5 Å². The van der Waals surface area contributed by atoms with Crippen LogP contribution in [0.5, 0.6) is 0 Å². The first kappa shape index (κ1) is 36.3. The predicted molar refractivity (Wildman–Crippen MR) is 149 cm³/mol. The average molecular weight is 626 g/mol. The molecule has 252 valence electrons. The summed E-state index contributed by atoms with van der Waals surface area (Å²) in [7, 11) is 0. The van der Waals surface area contributed by atoms with E-state index in [-0.39, 0.29) is 32.5 Å². The van der Waals surface area contributed by atoms with Crippen LogP contribution in [0.2, 0.25) is 0 Å². The first-order chi connectivity index (χ1) is 20.3. The Morgan fingerprint density at radius 3 is 2.28 bits per heavy atom. The van der Waals surface area contributed by atoms with Gasteiger partial charge in [-0.25, -0.2) is 0 Å². The van der Waals surface area contributed by atoms with Gasteiger partial charge in [-0.2, -0.15) is 0 Å². The highest BCUT2D eigenvalue weighted by Crippen LogP contribution is 2.36. The van der Waals surface area contributed by atoms with E-state index in [0.717, 1.165) is 0 Å². The van der Waals surface area contributed by atoms with Gasteiger partial charge in [-0.15, -0.1) is 0 Å². The lowest BCUT2D eigenvalue weighted by Crippen LogP contribution is -2.70. The van der Waals surface area contributed by atoms with E-state index in [1.54, 1.807) is 0 Å². The largest absolute Gasteiger partial charge is 0.394 e. The minimum atomic E-state index is -1.58. The molecule has 3 fully saturated rings. The summed E-state index contributed by atoms with van der Waals surface area (Å²) in [5.41, 5.74) is 29.7. The van der Waals surface area contributed by atoms with E-state index in [4.69, 9.17) is 42.9 Å². The molecule has 2 aliphatic heterocycles. The molecule has 16 atom stereocenters. The number of nitrogens with two attached hydrogens (primary N) is 5. The van der Waals surface area contributed by atoms with Crippen molar-refractivity contribution in [3.8, 4) is 0 Å². The molecule has 1 aliphatic carbocycles. The normalized spacial score (nSPS) is 43.6. The van der Waals surface area contributed by atoms with Crippen LogP contribution >= 0.6 is 0 Å². The molecule has 0 aromatic heterocycles. The van der Waals surface area contributed by atoms with Crippen molar-refractivity contribution in [1.29, 1.82) is 0 Å². The van der Waals surface area contributed by atoms with Gasteiger partial charge in [0.2, 0.25) is 5.91 Å². The van der Waals surface area contributed by atoms with Crippen molar-refractivity contribution in [2.45, 2.75) is 111 Å². The maximum absolute atomic E-state index is 12.6. The zero-order valence-corrected chi connectivity index (χ0v) is 24.0. The molecule has 0 radical (unpaired) electrons. The Hall–Kier alpha value is -1.17. The fourth-order valence-electron chi connectivity index (χ4n) is 6.02. The summed E-state index contributed by atoms with van der Waals surface area (Å²) < 4.78 is 17.7. The predicted octanol–water partition coefficient (Wildman–Crippen LogP) is -8.20. The highest BCUT2D eigenvalue weighted by atomic mass is 16.7. The second-order valence-electron chi connectivity index (χ2n) is 11.7. The van der Waals surface area contributed by atoms with Gasteiger partial charge < -0.3 is 89.3 Å². The molecule has 2 saturated heterocycles. The summed E-state index contributed by atoms with van der Waals surface area (Å²) in [4.78, 5) is 12.6. The van der Waals surface area contributed by atoms with Gasteiger partial charge in [-0.1, -0.05) is 0 Å². The zero-order valence-electron chi connectivity index (χ0n) is 24.0. The van der Waals surface area contributed by atoms with Crippen LogP contribution in [0.15, 0.2) is 0 Å². The third-order valence-electron chi connectivity index (χ3n) is 8.53. The van der Waals surface area contributed by atoms with Crippen LogP contribution in [0.1, 0.15) is 19.3 Å². The molecule has 18 heteroatoms. The number of hydrogen-bond donors (Lipinski definition) is 14. The minimum Gasteiger partial charge on any atom is -0.394 e. The van der Waals surface area contributed by atoms with Crippen LogP contribution in [0.3, 0.4) is 0 Å². The van der Waals surface area contributed by atoms with Gasteiger partial charge in [0.25, 0.3) is 0 Å². The highest BCUT2D eigenvalue weighted by Gasteiger charge is 2.53. The Balaban J connectivity index is 1.83. The number of hydrogen-bond acceptors (Lipinski definition) is 17. The maximum atomic E-state index is 12.6. The topological polar surface area (TPSA) is 341 Å². The van der Waals surface area contributed by atoms with Crippen molar-refractivity contribution < 1.29 is 54.8 Å². The van der Waals surface area contributed by atoms with Crippen LogP contribution in [-0.2, 0) is 19.0 Å². The molecule has 1 saturated carbocycles. The maximum Gasteiger partial charge on any atom is 0.250 e. The Morgan fingerprint density at radius 2 is 1.65 bits per heavy atom. The molecule has 18 nitrogen and oxygen atoms in total. The van der Waals surface area contributed by atoms with Crippen LogP contribution < -0.4 is 39.3 Å². The van der Waals surface area contributed by atoms with Gasteiger partial charge in [0.15, 0.2) is 6.29 Å². The number of ether oxygens (including phenoxy) is 3. The van der Waals surface area contributed by atoms with Crippen molar-refractivity contribution >= 4 is 5.91 Å². The zero-order chi connectivity index (χ0) is 32.0. The molecular formula is C25H51N7O11. The number of rotatable bonds is 13. The summed E-state index contributed by atoms with van der Waals surface area (Å²) in [6.07, 6.45) is -12.9. The summed E-state index contributed by atoms with van der Waals surface area (Å²) in [5.74, 6) is -1.75. The first-order valence-electron chi connectivity index (χ1n) is 14.7. The van der Waals surface area contributed by atoms with Crippen LogP contribution in [0.25, 0.3) is 0 Å². The smallest absolute Gasteiger partial charge is 0.250 e. The SMILES string of the molecule is NCCC(O)CNCC1OC(C2C(N)CC(NC(=O)C(O)CN)C(OC3OC(CO)C(O)C(N)C3O)C2O)C(N)CC1O. The molecule has 16 unspecified atom stereocenters. The Morgan fingerprint density at radius 1 is 0.953 bits per heavy atom. The fourth-order valence-corrected chi connectivity index (χ4v) is 6.02. The first-order valence-corrected chi connectivity index (χ1v) is 14.7. The second kappa shape index (κ2) is 16.4. The number of carbonyl (C=O) groups is 1. The summed E-state index contributed by atoms with van der Waals surface area (Å²) in [5, 5.41) is 78.4. The molecule has 0 bridgehead atoms. The van der Waals surface area contributed by atoms with E-state index < -0.39 is 110 Å². The van der Waals surface area contributed by atoms with Gasteiger partial charge in [-0.3, -0.25) is 4.79 Å². The molecule has 2 heterocycles. The van der Waals surface area contributed by atoms with Crippen molar-refractivity contribution in [2.75, 3.05) is 32.8 Å². The highest BCUT2D eigenvalue weighted by molar-refractivity contribution is 5.81. The number of amides is 1. The molecule has 0 spiro atoms. The van der Waals surface area contributed by atoms with Crippen molar-refractivity contribution in [3.63, 3.8) is 0 Å². The summed E-state index contributed by atoms with van der Waals surface area (Å²) in [6, 6.07) is -3.87. The summed E-state index contributed by atoms with van der Waals surface area (Å²) in [6.45, 7) is -0.330. The van der Waals surface area contributed by atoms with E-state index in [1.165, 1.54) is 0 Å². The quantitative estimate of drug-likeness (QED) is 0.0903. The van der Waals surface area contributed by atoms with Crippen molar-refractivity contribution in [1.82, 2.24) is 10.6 Å². The average Bonchev–Trinajstić information content (AvgIpc) is 2.96. The third-order valence-corrected chi connectivity index (χ3v) is 8.53. The molecule has 0 aromatic rings. The Labute approximate surface area is 249 Å². The minimum absolute atomic E-state index is 0.000319. The number of nitrogens with one attached hydrogen (secondary N) is 2. The lowest BCUT2D eigenvalue weighted by atomic mass is 9.72. The Kier molecular flexibility index (Phi) is 13.9. The second-order valence-corrected chi connectivity index (χ2v) is 11.7. The van der Waals surface area contributed by atoms with E-state index in [0.29, 0.717) is 13.0 Å². The van der Waals surface area contributed by atoms with E-state index in [1.807, 2.05) is 0 Å². The van der Waals surface area contributed by atoms with Gasteiger partial charge in [0.05, 0.1) is 49.2 Å². The summed E-state index contributed by atoms with van der Waals surface area (Å²) >= 11 is 0. The molecule has 19 N–H and O–H groups in total. The lowest BCUT2D eigenvalue weighted by molar-refractivity contribution is -0.306. The Bertz CT molecular complexity index is 866. The molecule has 1 amide bonds. The third kappa shape index (κ3) is 8.76. The monoisotopic (exact) mass is 625 g/mol. The van der Waals surface area contributed by atoms with Crippen molar-refractivity contribution in [2.24, 2.45) is 34.6 Å². The van der Waals surface area contributed by atoms with E-state index >= 15 is 0 Å². The molecule has 0 aromatic carbocycles. The van der Waals surface area contributed by atoms with Gasteiger partial charge in [-0.05, 0) is 25.8 Å². The standard InChI is InChI=1S/C25H51N7O11/c26-2-1-9(34)6-31-7-15-13(35)4-11(29)22(41-15)17-10(28)3-12(32-24(40)14(36)5-27)23(20(17)38)43-25-21(39)18(30)19(37)16(8-33)42-25/h9-23,25,31,33-39H,1-8,26-30H2,(H,32,40). The number of carbonyl (C=O) groups excluding carboxylic acids is 1. The van der Waals surface area contributed by atoms with E-state index in [9.17, 15) is 40.5 Å². The van der Waals surface area contributed by atoms with Crippen molar-refractivity contribution in [3.05, 3.63) is 0 Å². The van der Waals surface area contributed by atoms with Gasteiger partial charge in [0, 0.05) is 37.6 Å². The molecule has 43 heavy (non-hydrogen) atoms. The van der Waals surface area contributed by atoms with Crippen LogP contribution in [0, 0.1) is 5.92 Å². The van der Waals surface area contributed by atoms with Gasteiger partial charge >= 0.3 is 0 Å². The lowest BCUT2D eigenvalue weighted by Gasteiger charge is -2.51. The molecule has 3 aliphatic rings. The van der Waals surface area contributed by atoms with E-state index in [2.05, 4.69) is 10.6 Å². The molecule has 3 rings (SSSR count). The number of aliphatic hydroxyl groups is 7.